The van der Waals surface area contributed by atoms with Gasteiger partial charge in [-0.1, -0.05) is 32.9 Å². The van der Waals surface area contributed by atoms with Crippen molar-refractivity contribution in [1.29, 1.82) is 0 Å². The summed E-state index contributed by atoms with van der Waals surface area (Å²) in [6, 6.07) is 8.73. The second-order valence-corrected chi connectivity index (χ2v) is 7.37. The molecule has 2 heterocycles. The Bertz CT molecular complexity index is 1080. The van der Waals surface area contributed by atoms with E-state index in [1.807, 2.05) is 6.07 Å². The van der Waals surface area contributed by atoms with E-state index in [9.17, 15) is 14.4 Å². The van der Waals surface area contributed by atoms with Crippen molar-refractivity contribution in [2.45, 2.75) is 20.8 Å². The molecule has 3 rings (SSSR count). The average Bonchev–Trinajstić information content (AvgIpc) is 3.03. The van der Waals surface area contributed by atoms with Gasteiger partial charge in [-0.3, -0.25) is 14.9 Å². The molecular formula is C20H20N4O4. The van der Waals surface area contributed by atoms with Gasteiger partial charge in [-0.25, -0.2) is 9.78 Å². The van der Waals surface area contributed by atoms with Crippen LogP contribution in [0.3, 0.4) is 0 Å². The molecule has 0 atom stereocenters. The van der Waals surface area contributed by atoms with E-state index >= 15 is 0 Å². The lowest BCUT2D eigenvalue weighted by Crippen LogP contribution is -2.33. The number of ketones is 1. The van der Waals surface area contributed by atoms with Crippen molar-refractivity contribution in [1.82, 2.24) is 9.97 Å². The Labute approximate surface area is 161 Å². The molecule has 0 aliphatic rings. The summed E-state index contributed by atoms with van der Waals surface area (Å²) in [5.74, 6) is -1.17. The number of carboxylic acid groups (broad SMARTS) is 1. The molecule has 0 spiro atoms. The highest BCUT2D eigenvalue weighted by Gasteiger charge is 2.28. The Morgan fingerprint density at radius 2 is 1.82 bits per heavy atom. The molecule has 1 aromatic carbocycles. The molecule has 0 fully saturated rings. The van der Waals surface area contributed by atoms with Gasteiger partial charge in [0.25, 0.3) is 5.91 Å². The van der Waals surface area contributed by atoms with E-state index < -0.39 is 23.2 Å². The molecule has 0 aliphatic carbocycles. The van der Waals surface area contributed by atoms with Gasteiger partial charge in [-0.05, 0) is 23.8 Å². The number of Topliss-reactive ketones (excluding diaryl/α,β-unsaturated/α-hetero) is 1. The van der Waals surface area contributed by atoms with Gasteiger partial charge in [0.05, 0.1) is 11.9 Å². The van der Waals surface area contributed by atoms with Gasteiger partial charge in [-0.2, -0.15) is 0 Å². The monoisotopic (exact) mass is 380 g/mol. The quantitative estimate of drug-likeness (QED) is 0.511. The Kier molecular flexibility index (Phi) is 4.87. The molecule has 8 nitrogen and oxygen atoms in total. The number of carbonyl (C=O) groups is 3. The van der Waals surface area contributed by atoms with Gasteiger partial charge in [0, 0.05) is 28.2 Å². The van der Waals surface area contributed by atoms with Gasteiger partial charge in [0.1, 0.15) is 5.65 Å². The Morgan fingerprint density at radius 3 is 2.50 bits per heavy atom. The smallest absolute Gasteiger partial charge is 0.409 e. The van der Waals surface area contributed by atoms with Crippen molar-refractivity contribution in [3.63, 3.8) is 0 Å². The highest BCUT2D eigenvalue weighted by Crippen LogP contribution is 2.31. The van der Waals surface area contributed by atoms with Crippen molar-refractivity contribution in [3.8, 4) is 11.1 Å². The lowest BCUT2D eigenvalue weighted by Gasteiger charge is -2.16. The van der Waals surface area contributed by atoms with Crippen molar-refractivity contribution in [2.24, 2.45) is 5.41 Å². The predicted octanol–water partition coefficient (Wildman–Crippen LogP) is 3.87. The largest absolute Gasteiger partial charge is 0.465 e. The minimum Gasteiger partial charge on any atom is -0.465 e. The normalized spacial score (nSPS) is 11.2. The van der Waals surface area contributed by atoms with Crippen LogP contribution in [0.1, 0.15) is 20.8 Å². The number of aromatic amines is 1. The Hall–Kier alpha value is -3.68. The maximum atomic E-state index is 12.2. The number of hydrogen-bond donors (Lipinski definition) is 4. The molecular weight excluding hydrogens is 360 g/mol. The number of rotatable bonds is 4. The molecule has 8 heteroatoms. The summed E-state index contributed by atoms with van der Waals surface area (Å²) in [5, 5.41) is 14.5. The fourth-order valence-corrected chi connectivity index (χ4v) is 2.73. The first kappa shape index (κ1) is 19.1. The highest BCUT2D eigenvalue weighted by atomic mass is 16.4. The lowest BCUT2D eigenvalue weighted by atomic mass is 9.90. The first-order valence-corrected chi connectivity index (χ1v) is 8.58. The first-order valence-electron chi connectivity index (χ1n) is 8.58. The molecule has 0 bridgehead atoms. The van der Waals surface area contributed by atoms with E-state index in [0.717, 1.165) is 16.5 Å². The van der Waals surface area contributed by atoms with Gasteiger partial charge in [0.2, 0.25) is 5.78 Å². The molecule has 28 heavy (non-hydrogen) atoms. The third kappa shape index (κ3) is 4.01. The number of nitrogens with zero attached hydrogens (tertiary/aromatic N) is 1. The molecule has 0 aliphatic heterocycles. The SMILES string of the molecule is CC(C)(C)C(=O)C(=O)Nc1cccc(-c2c[nH]c3ncc(NC(=O)O)cc23)c1. The van der Waals surface area contributed by atoms with Crippen LogP contribution in [0.2, 0.25) is 0 Å². The number of carbonyl (C=O) groups excluding carboxylic acids is 2. The highest BCUT2D eigenvalue weighted by molar-refractivity contribution is 6.42. The average molecular weight is 380 g/mol. The van der Waals surface area contributed by atoms with Crippen LogP contribution in [0.4, 0.5) is 16.2 Å². The predicted molar refractivity (Wildman–Crippen MR) is 106 cm³/mol. The van der Waals surface area contributed by atoms with Gasteiger partial charge in [-0.15, -0.1) is 0 Å². The Morgan fingerprint density at radius 1 is 1.07 bits per heavy atom. The molecule has 3 aromatic rings. The number of fused-ring (bicyclic) bond motifs is 1. The zero-order valence-corrected chi connectivity index (χ0v) is 15.7. The summed E-state index contributed by atoms with van der Waals surface area (Å²) >= 11 is 0. The van der Waals surface area contributed by atoms with Gasteiger partial charge < -0.3 is 15.4 Å². The van der Waals surface area contributed by atoms with Crippen molar-refractivity contribution < 1.29 is 19.5 Å². The number of benzene rings is 1. The standard InChI is InChI=1S/C20H20N4O4/c1-20(2,3)16(25)18(26)23-12-6-4-5-11(7-12)15-10-22-17-14(15)8-13(9-21-17)24-19(27)28/h4-10,24H,1-3H3,(H,21,22)(H,23,26)(H,27,28). The topological polar surface area (TPSA) is 124 Å². The number of amides is 2. The molecule has 2 amide bonds. The third-order valence-electron chi connectivity index (χ3n) is 4.10. The van der Waals surface area contributed by atoms with Crippen LogP contribution < -0.4 is 10.6 Å². The number of nitrogens with one attached hydrogen (secondary N) is 3. The molecule has 0 saturated heterocycles. The van der Waals surface area contributed by atoms with Crippen LogP contribution >= 0.6 is 0 Å². The molecule has 144 valence electrons. The molecule has 2 aromatic heterocycles. The van der Waals surface area contributed by atoms with Crippen LogP contribution in [0.5, 0.6) is 0 Å². The van der Waals surface area contributed by atoms with Crippen LogP contribution in [0.25, 0.3) is 22.2 Å². The fourth-order valence-electron chi connectivity index (χ4n) is 2.73. The molecule has 4 N–H and O–H groups in total. The number of pyridine rings is 1. The van der Waals surface area contributed by atoms with E-state index in [2.05, 4.69) is 20.6 Å². The van der Waals surface area contributed by atoms with Gasteiger partial charge in [0.15, 0.2) is 0 Å². The fraction of sp³-hybridized carbons (Fsp3) is 0.200. The summed E-state index contributed by atoms with van der Waals surface area (Å²) < 4.78 is 0. The van der Waals surface area contributed by atoms with Crippen molar-refractivity contribution >= 4 is 40.2 Å². The van der Waals surface area contributed by atoms with E-state index in [1.165, 1.54) is 6.20 Å². The van der Waals surface area contributed by atoms with E-state index in [0.29, 0.717) is 17.0 Å². The maximum absolute atomic E-state index is 12.2. The Balaban J connectivity index is 1.93. The second-order valence-electron chi connectivity index (χ2n) is 7.37. The summed E-state index contributed by atoms with van der Waals surface area (Å²) in [5.41, 5.74) is 2.24. The summed E-state index contributed by atoms with van der Waals surface area (Å²) in [7, 11) is 0. The number of hydrogen-bond acceptors (Lipinski definition) is 4. The van der Waals surface area contributed by atoms with E-state index in [1.54, 1.807) is 51.2 Å². The molecule has 0 saturated carbocycles. The summed E-state index contributed by atoms with van der Waals surface area (Å²) in [6.07, 6.45) is 2.00. The van der Waals surface area contributed by atoms with E-state index in [-0.39, 0.29) is 0 Å². The minimum atomic E-state index is -1.17. The van der Waals surface area contributed by atoms with Crippen LogP contribution in [0, 0.1) is 5.41 Å². The van der Waals surface area contributed by atoms with E-state index in [4.69, 9.17) is 5.11 Å². The number of anilines is 2. The van der Waals surface area contributed by atoms with Gasteiger partial charge >= 0.3 is 6.09 Å². The first-order chi connectivity index (χ1) is 13.1. The zero-order valence-electron chi connectivity index (χ0n) is 15.7. The van der Waals surface area contributed by atoms with Crippen molar-refractivity contribution in [3.05, 3.63) is 42.7 Å². The number of aromatic nitrogens is 2. The lowest BCUT2D eigenvalue weighted by molar-refractivity contribution is -0.139. The summed E-state index contributed by atoms with van der Waals surface area (Å²) in [4.78, 5) is 42.4. The van der Waals surface area contributed by atoms with Crippen molar-refractivity contribution in [2.75, 3.05) is 10.6 Å². The number of H-pyrrole nitrogens is 1. The summed E-state index contributed by atoms with van der Waals surface area (Å²) in [6.45, 7) is 5.06. The minimum absolute atomic E-state index is 0.348. The third-order valence-corrected chi connectivity index (χ3v) is 4.10. The van der Waals surface area contributed by atoms with Crippen LogP contribution in [-0.2, 0) is 9.59 Å². The maximum Gasteiger partial charge on any atom is 0.409 e. The molecule has 0 unspecified atom stereocenters. The zero-order chi connectivity index (χ0) is 20.5. The van der Waals surface area contributed by atoms with Crippen LogP contribution in [0.15, 0.2) is 42.7 Å². The van der Waals surface area contributed by atoms with Crippen LogP contribution in [-0.4, -0.2) is 32.9 Å². The second kappa shape index (κ2) is 7.15. The molecule has 0 radical (unpaired) electrons.